The Labute approximate surface area is 121 Å². The van der Waals surface area contributed by atoms with E-state index in [0.717, 1.165) is 38.0 Å². The van der Waals surface area contributed by atoms with E-state index in [2.05, 4.69) is 24.4 Å². The summed E-state index contributed by atoms with van der Waals surface area (Å²) in [6.07, 6.45) is 5.22. The average molecular weight is 275 g/mol. The van der Waals surface area contributed by atoms with Crippen molar-refractivity contribution in [2.45, 2.75) is 50.7 Å². The third-order valence-corrected chi connectivity index (χ3v) is 4.70. The molecule has 3 heteroatoms. The first-order valence-corrected chi connectivity index (χ1v) is 7.84. The van der Waals surface area contributed by atoms with Crippen molar-refractivity contribution in [3.63, 3.8) is 0 Å². The first-order valence-electron chi connectivity index (χ1n) is 7.84. The topological polar surface area (TPSA) is 41.5 Å². The second-order valence-electron chi connectivity index (χ2n) is 6.53. The van der Waals surface area contributed by atoms with Crippen molar-refractivity contribution in [1.82, 2.24) is 5.32 Å². The smallest absolute Gasteiger partial charge is 0.124 e. The van der Waals surface area contributed by atoms with E-state index in [0.29, 0.717) is 18.5 Å². The van der Waals surface area contributed by atoms with Gasteiger partial charge in [0.2, 0.25) is 0 Å². The number of nitrogens with one attached hydrogen (secondary N) is 1. The molecule has 2 N–H and O–H groups in total. The van der Waals surface area contributed by atoms with Gasteiger partial charge < -0.3 is 15.2 Å². The van der Waals surface area contributed by atoms with E-state index in [9.17, 15) is 5.11 Å². The highest BCUT2D eigenvalue weighted by Crippen LogP contribution is 2.34. The van der Waals surface area contributed by atoms with E-state index >= 15 is 0 Å². The Bertz CT molecular complexity index is 462. The van der Waals surface area contributed by atoms with Crippen LogP contribution >= 0.6 is 0 Å². The van der Waals surface area contributed by atoms with Gasteiger partial charge in [-0.2, -0.15) is 0 Å². The summed E-state index contributed by atoms with van der Waals surface area (Å²) in [5.74, 6) is 1.62. The van der Waals surface area contributed by atoms with Crippen molar-refractivity contribution in [2.24, 2.45) is 5.92 Å². The standard InChI is InChI=1S/C17H25NO2/c1-13-5-4-9-17(19,11-13)12-18-15-8-10-20-16-7-3-2-6-14(15)16/h2-3,6-7,13,15,18-19H,4-5,8-12H2,1H3. The monoisotopic (exact) mass is 275 g/mol. The zero-order valence-corrected chi connectivity index (χ0v) is 12.3. The van der Waals surface area contributed by atoms with Crippen LogP contribution in [0.15, 0.2) is 24.3 Å². The second-order valence-corrected chi connectivity index (χ2v) is 6.53. The molecule has 1 aromatic rings. The van der Waals surface area contributed by atoms with Crippen LogP contribution in [-0.2, 0) is 0 Å². The summed E-state index contributed by atoms with van der Waals surface area (Å²) in [5.41, 5.74) is 0.705. The van der Waals surface area contributed by atoms with Gasteiger partial charge in [-0.25, -0.2) is 0 Å². The molecule has 110 valence electrons. The molecule has 0 aromatic heterocycles. The third-order valence-electron chi connectivity index (χ3n) is 4.70. The molecule has 3 nitrogen and oxygen atoms in total. The zero-order chi connectivity index (χ0) is 14.0. The lowest BCUT2D eigenvalue weighted by atomic mass is 9.78. The number of aliphatic hydroxyl groups is 1. The maximum atomic E-state index is 10.7. The molecule has 1 aliphatic heterocycles. The highest BCUT2D eigenvalue weighted by Gasteiger charge is 2.33. The number of fused-ring (bicyclic) bond motifs is 1. The van der Waals surface area contributed by atoms with Crippen LogP contribution < -0.4 is 10.1 Å². The van der Waals surface area contributed by atoms with Crippen molar-refractivity contribution in [2.75, 3.05) is 13.2 Å². The largest absolute Gasteiger partial charge is 0.493 e. The summed E-state index contributed by atoms with van der Waals surface area (Å²) in [5, 5.41) is 14.3. The molecule has 20 heavy (non-hydrogen) atoms. The maximum absolute atomic E-state index is 10.7. The van der Waals surface area contributed by atoms with Crippen molar-refractivity contribution in [3.05, 3.63) is 29.8 Å². The number of para-hydroxylation sites is 1. The Hall–Kier alpha value is -1.06. The van der Waals surface area contributed by atoms with Crippen molar-refractivity contribution >= 4 is 0 Å². The Kier molecular flexibility index (Phi) is 3.99. The van der Waals surface area contributed by atoms with Gasteiger partial charge in [0.1, 0.15) is 5.75 Å². The van der Waals surface area contributed by atoms with E-state index < -0.39 is 5.60 Å². The van der Waals surface area contributed by atoms with Crippen molar-refractivity contribution < 1.29 is 9.84 Å². The molecule has 3 atom stereocenters. The zero-order valence-electron chi connectivity index (χ0n) is 12.3. The second kappa shape index (κ2) is 5.74. The van der Waals surface area contributed by atoms with Gasteiger partial charge >= 0.3 is 0 Å². The summed E-state index contributed by atoms with van der Waals surface area (Å²) in [7, 11) is 0. The molecular formula is C17H25NO2. The Morgan fingerprint density at radius 2 is 2.20 bits per heavy atom. The van der Waals surface area contributed by atoms with E-state index in [4.69, 9.17) is 4.74 Å². The van der Waals surface area contributed by atoms with E-state index in [1.807, 2.05) is 12.1 Å². The molecule has 2 aliphatic rings. The summed E-state index contributed by atoms with van der Waals surface area (Å²) >= 11 is 0. The summed E-state index contributed by atoms with van der Waals surface area (Å²) < 4.78 is 5.69. The number of hydrogen-bond acceptors (Lipinski definition) is 3. The first kappa shape index (κ1) is 13.9. The lowest BCUT2D eigenvalue weighted by Gasteiger charge is -2.37. The molecule has 0 saturated heterocycles. The van der Waals surface area contributed by atoms with Gasteiger partial charge in [-0.05, 0) is 24.8 Å². The van der Waals surface area contributed by atoms with Crippen LogP contribution in [0.25, 0.3) is 0 Å². The highest BCUT2D eigenvalue weighted by atomic mass is 16.5. The van der Waals surface area contributed by atoms with Gasteiger partial charge in [-0.1, -0.05) is 38.0 Å². The predicted octanol–water partition coefficient (Wildman–Crippen LogP) is 3.04. The van der Waals surface area contributed by atoms with Crippen LogP contribution in [0, 0.1) is 5.92 Å². The number of hydrogen-bond donors (Lipinski definition) is 2. The van der Waals surface area contributed by atoms with Gasteiger partial charge in [0.25, 0.3) is 0 Å². The predicted molar refractivity (Wildman–Crippen MR) is 79.9 cm³/mol. The van der Waals surface area contributed by atoms with Gasteiger partial charge in [-0.3, -0.25) is 0 Å². The SMILES string of the molecule is CC1CCCC(O)(CNC2CCOc3ccccc32)C1. The van der Waals surface area contributed by atoms with Crippen LogP contribution in [-0.4, -0.2) is 23.9 Å². The lowest BCUT2D eigenvalue weighted by Crippen LogP contribution is -2.45. The molecule has 0 amide bonds. The van der Waals surface area contributed by atoms with Crippen LogP contribution in [0.5, 0.6) is 5.75 Å². The summed E-state index contributed by atoms with van der Waals surface area (Å²) in [6.45, 7) is 3.69. The molecule has 0 radical (unpaired) electrons. The van der Waals surface area contributed by atoms with Gasteiger partial charge in [0.05, 0.1) is 12.2 Å². The molecule has 1 aromatic carbocycles. The number of benzene rings is 1. The van der Waals surface area contributed by atoms with Crippen LogP contribution in [0.1, 0.15) is 50.6 Å². The minimum atomic E-state index is -0.523. The molecule has 3 unspecified atom stereocenters. The first-order chi connectivity index (χ1) is 9.66. The third kappa shape index (κ3) is 2.99. The Morgan fingerprint density at radius 3 is 3.05 bits per heavy atom. The fourth-order valence-corrected chi connectivity index (χ4v) is 3.66. The molecule has 1 aliphatic carbocycles. The molecule has 1 saturated carbocycles. The van der Waals surface area contributed by atoms with Crippen LogP contribution in [0.2, 0.25) is 0 Å². The van der Waals surface area contributed by atoms with E-state index in [-0.39, 0.29) is 0 Å². The van der Waals surface area contributed by atoms with E-state index in [1.54, 1.807) is 0 Å². The molecule has 1 heterocycles. The fourth-order valence-electron chi connectivity index (χ4n) is 3.66. The minimum absolute atomic E-state index is 0.307. The summed E-state index contributed by atoms with van der Waals surface area (Å²) in [6, 6.07) is 8.53. The quantitative estimate of drug-likeness (QED) is 0.891. The normalized spacial score (nSPS) is 33.3. The maximum Gasteiger partial charge on any atom is 0.124 e. The van der Waals surface area contributed by atoms with Crippen LogP contribution in [0.3, 0.4) is 0 Å². The summed E-state index contributed by atoms with van der Waals surface area (Å²) in [4.78, 5) is 0. The minimum Gasteiger partial charge on any atom is -0.493 e. The lowest BCUT2D eigenvalue weighted by molar-refractivity contribution is -0.0146. The Morgan fingerprint density at radius 1 is 1.35 bits per heavy atom. The average Bonchev–Trinajstić information content (AvgIpc) is 2.45. The molecular weight excluding hydrogens is 250 g/mol. The molecule has 1 fully saturated rings. The number of ether oxygens (including phenoxy) is 1. The van der Waals surface area contributed by atoms with E-state index in [1.165, 1.54) is 12.0 Å². The molecule has 0 spiro atoms. The fraction of sp³-hybridized carbons (Fsp3) is 0.647. The van der Waals surface area contributed by atoms with Crippen molar-refractivity contribution in [3.8, 4) is 5.75 Å². The van der Waals surface area contributed by atoms with Gasteiger partial charge in [0, 0.05) is 24.6 Å². The van der Waals surface area contributed by atoms with Gasteiger partial charge in [0.15, 0.2) is 0 Å². The molecule has 0 bridgehead atoms. The number of rotatable bonds is 3. The van der Waals surface area contributed by atoms with Crippen molar-refractivity contribution in [1.29, 1.82) is 0 Å². The Balaban J connectivity index is 1.64. The van der Waals surface area contributed by atoms with Gasteiger partial charge in [-0.15, -0.1) is 0 Å². The molecule has 3 rings (SSSR count). The highest BCUT2D eigenvalue weighted by molar-refractivity contribution is 5.37. The van der Waals surface area contributed by atoms with Crippen LogP contribution in [0.4, 0.5) is 0 Å².